The van der Waals surface area contributed by atoms with Crippen LogP contribution in [-0.4, -0.2) is 38.3 Å². The Morgan fingerprint density at radius 1 is 1.24 bits per heavy atom. The van der Waals surface area contributed by atoms with Gasteiger partial charge in [0.05, 0.1) is 17.7 Å². The lowest BCUT2D eigenvalue weighted by Crippen LogP contribution is -2.38. The molecule has 7 nitrogen and oxygen atoms in total. The molecule has 2 atom stereocenters. The molecule has 0 saturated heterocycles. The lowest BCUT2D eigenvalue weighted by molar-refractivity contribution is 0.0891. The number of carbonyl (C=O) groups excluding carboxylic acids is 1. The fourth-order valence-corrected chi connectivity index (χ4v) is 3.88. The van der Waals surface area contributed by atoms with Crippen LogP contribution in [0.4, 0.5) is 14.7 Å². The molecule has 0 spiro atoms. The van der Waals surface area contributed by atoms with Gasteiger partial charge in [-0.05, 0) is 47.9 Å². The third kappa shape index (κ3) is 4.85. The highest BCUT2D eigenvalue weighted by Gasteiger charge is 2.24. The minimum Gasteiger partial charge on any atom is -0.388 e. The molecule has 2 aromatic heterocycles. The number of nitrogen functional groups attached to an aromatic ring is 1. The molecule has 0 radical (unpaired) electrons. The van der Waals surface area contributed by atoms with Crippen molar-refractivity contribution in [3.05, 3.63) is 82.3 Å². The molecule has 0 saturated carbocycles. The summed E-state index contributed by atoms with van der Waals surface area (Å²) in [5, 5.41) is 17.4. The third-order valence-electron chi connectivity index (χ3n) is 5.53. The number of benzene rings is 2. The van der Waals surface area contributed by atoms with Gasteiger partial charge in [-0.25, -0.2) is 13.3 Å². The van der Waals surface area contributed by atoms with Crippen molar-refractivity contribution in [1.29, 1.82) is 0 Å². The SMILES string of the molecule is Cc1ccc(-c2ccn3nc(N)nc3c2)c(F)c1C(=O)N[C@H](CF)C[C@H](O)c1ccc(Cl)cc1. The van der Waals surface area contributed by atoms with Crippen molar-refractivity contribution in [2.45, 2.75) is 25.5 Å². The highest BCUT2D eigenvalue weighted by atomic mass is 35.5. The first-order valence-corrected chi connectivity index (χ1v) is 10.9. The van der Waals surface area contributed by atoms with Crippen molar-refractivity contribution in [3.63, 3.8) is 0 Å². The average molecular weight is 486 g/mol. The van der Waals surface area contributed by atoms with Crippen molar-refractivity contribution in [3.8, 4) is 11.1 Å². The van der Waals surface area contributed by atoms with Gasteiger partial charge in [0.25, 0.3) is 5.91 Å². The largest absolute Gasteiger partial charge is 0.388 e. The number of hydrogen-bond acceptors (Lipinski definition) is 5. The molecular weight excluding hydrogens is 464 g/mol. The zero-order valence-corrected chi connectivity index (χ0v) is 18.9. The number of pyridine rings is 1. The van der Waals surface area contributed by atoms with Crippen LogP contribution in [0, 0.1) is 12.7 Å². The first-order chi connectivity index (χ1) is 16.3. The number of fused-ring (bicyclic) bond motifs is 1. The van der Waals surface area contributed by atoms with Crippen LogP contribution in [0.1, 0.15) is 34.0 Å². The summed E-state index contributed by atoms with van der Waals surface area (Å²) in [6.45, 7) is 0.666. The summed E-state index contributed by atoms with van der Waals surface area (Å²) >= 11 is 5.85. The summed E-state index contributed by atoms with van der Waals surface area (Å²) in [4.78, 5) is 17.0. The number of amides is 1. The molecule has 176 valence electrons. The molecule has 0 unspecified atom stereocenters. The average Bonchev–Trinajstić information content (AvgIpc) is 3.18. The molecule has 4 N–H and O–H groups in total. The van der Waals surface area contributed by atoms with E-state index in [0.29, 0.717) is 27.4 Å². The molecule has 2 heterocycles. The Hall–Kier alpha value is -3.56. The van der Waals surface area contributed by atoms with Crippen molar-refractivity contribution in [1.82, 2.24) is 19.9 Å². The number of aliphatic hydroxyl groups excluding tert-OH is 1. The van der Waals surface area contributed by atoms with E-state index in [4.69, 9.17) is 17.3 Å². The van der Waals surface area contributed by atoms with Crippen LogP contribution in [0.15, 0.2) is 54.7 Å². The number of aryl methyl sites for hydroxylation is 1. The van der Waals surface area contributed by atoms with Gasteiger partial charge in [0.15, 0.2) is 5.65 Å². The highest BCUT2D eigenvalue weighted by molar-refractivity contribution is 6.30. The minimum atomic E-state index is -1.03. The first kappa shape index (κ1) is 23.6. The van der Waals surface area contributed by atoms with E-state index in [1.165, 1.54) is 4.52 Å². The second-order valence-corrected chi connectivity index (χ2v) is 8.37. The van der Waals surface area contributed by atoms with Crippen LogP contribution < -0.4 is 11.1 Å². The van der Waals surface area contributed by atoms with E-state index in [0.717, 1.165) is 0 Å². The number of anilines is 1. The normalized spacial score (nSPS) is 13.1. The Bertz CT molecular complexity index is 1340. The Morgan fingerprint density at radius 2 is 1.97 bits per heavy atom. The van der Waals surface area contributed by atoms with Crippen LogP contribution in [0.25, 0.3) is 16.8 Å². The van der Waals surface area contributed by atoms with Crippen molar-refractivity contribution in [2.24, 2.45) is 0 Å². The number of nitrogens with two attached hydrogens (primary N) is 1. The van der Waals surface area contributed by atoms with E-state index >= 15 is 4.39 Å². The molecule has 10 heteroatoms. The van der Waals surface area contributed by atoms with Crippen molar-refractivity contribution in [2.75, 3.05) is 12.4 Å². The quantitative estimate of drug-likeness (QED) is 0.362. The summed E-state index contributed by atoms with van der Waals surface area (Å²) in [7, 11) is 0. The molecule has 34 heavy (non-hydrogen) atoms. The van der Waals surface area contributed by atoms with Crippen LogP contribution in [0.2, 0.25) is 5.02 Å². The number of nitrogens with one attached hydrogen (secondary N) is 1. The first-order valence-electron chi connectivity index (χ1n) is 10.5. The van der Waals surface area contributed by atoms with Gasteiger partial charge in [0.2, 0.25) is 5.95 Å². The lowest BCUT2D eigenvalue weighted by Gasteiger charge is -2.20. The number of aliphatic hydroxyl groups is 1. The maximum Gasteiger partial charge on any atom is 0.254 e. The van der Waals surface area contributed by atoms with Crippen molar-refractivity contribution < 1.29 is 18.7 Å². The Morgan fingerprint density at radius 3 is 2.68 bits per heavy atom. The Labute approximate surface area is 199 Å². The van der Waals surface area contributed by atoms with E-state index in [9.17, 15) is 14.3 Å². The van der Waals surface area contributed by atoms with E-state index < -0.39 is 30.5 Å². The number of halogens is 3. The predicted molar refractivity (Wildman–Crippen MR) is 126 cm³/mol. The summed E-state index contributed by atoms with van der Waals surface area (Å²) in [5.74, 6) is -1.43. The zero-order chi connectivity index (χ0) is 24.4. The maximum atomic E-state index is 15.5. The van der Waals surface area contributed by atoms with Crippen LogP contribution in [0.5, 0.6) is 0 Å². The monoisotopic (exact) mass is 485 g/mol. The predicted octanol–water partition coefficient (Wildman–Crippen LogP) is 4.27. The summed E-state index contributed by atoms with van der Waals surface area (Å²) in [5.41, 5.74) is 7.42. The van der Waals surface area contributed by atoms with Crippen molar-refractivity contribution >= 4 is 29.1 Å². The summed E-state index contributed by atoms with van der Waals surface area (Å²) in [6.07, 6.45) is 0.470. The topological polar surface area (TPSA) is 106 Å². The molecular formula is C24H22ClF2N5O2. The molecule has 0 aliphatic heterocycles. The Balaban J connectivity index is 1.57. The number of aromatic nitrogens is 3. The van der Waals surface area contributed by atoms with E-state index in [-0.39, 0.29) is 23.5 Å². The van der Waals surface area contributed by atoms with Crippen LogP contribution in [-0.2, 0) is 0 Å². The Kier molecular flexibility index (Phi) is 6.76. The number of alkyl halides is 1. The fraction of sp³-hybridized carbons (Fsp3) is 0.208. The van der Waals surface area contributed by atoms with Gasteiger partial charge in [0.1, 0.15) is 12.5 Å². The van der Waals surface area contributed by atoms with Gasteiger partial charge in [-0.15, -0.1) is 5.10 Å². The third-order valence-corrected chi connectivity index (χ3v) is 5.78. The number of nitrogens with zero attached hydrogens (tertiary/aromatic N) is 3. The zero-order valence-electron chi connectivity index (χ0n) is 18.2. The van der Waals surface area contributed by atoms with E-state index in [1.807, 2.05) is 0 Å². The van der Waals surface area contributed by atoms with Gasteiger partial charge < -0.3 is 16.2 Å². The van der Waals surface area contributed by atoms with Gasteiger partial charge in [-0.1, -0.05) is 35.9 Å². The van der Waals surface area contributed by atoms with Gasteiger partial charge in [-0.3, -0.25) is 4.79 Å². The number of rotatable bonds is 7. The van der Waals surface area contributed by atoms with Gasteiger partial charge in [0, 0.05) is 23.2 Å². The standard InChI is InChI=1S/C24H22ClF2N5O2/c1-13-2-7-18(15-8-9-32-20(10-15)30-24(28)31-32)22(27)21(13)23(34)29-17(12-26)11-19(33)14-3-5-16(25)6-4-14/h2-10,17,19,33H,11-12H2,1H3,(H2,28,31)(H,29,34)/t17-,19-/m0/s1. The molecule has 2 aromatic carbocycles. The minimum absolute atomic E-state index is 0.0830. The van der Waals surface area contributed by atoms with Gasteiger partial charge in [-0.2, -0.15) is 4.98 Å². The fourth-order valence-electron chi connectivity index (χ4n) is 3.75. The van der Waals surface area contributed by atoms with E-state index in [1.54, 1.807) is 61.7 Å². The number of carbonyl (C=O) groups is 1. The van der Waals surface area contributed by atoms with Gasteiger partial charge >= 0.3 is 0 Å². The lowest BCUT2D eigenvalue weighted by atomic mass is 9.98. The number of hydrogen-bond donors (Lipinski definition) is 3. The second-order valence-electron chi connectivity index (χ2n) is 7.93. The highest BCUT2D eigenvalue weighted by Crippen LogP contribution is 2.28. The molecule has 1 amide bonds. The summed E-state index contributed by atoms with van der Waals surface area (Å²) in [6, 6.07) is 11.9. The molecule has 0 fully saturated rings. The van der Waals surface area contributed by atoms with Crippen LogP contribution >= 0.6 is 11.6 Å². The van der Waals surface area contributed by atoms with Crippen LogP contribution in [0.3, 0.4) is 0 Å². The smallest absolute Gasteiger partial charge is 0.254 e. The molecule has 4 aromatic rings. The second kappa shape index (κ2) is 9.74. The van der Waals surface area contributed by atoms with E-state index in [2.05, 4.69) is 15.4 Å². The molecule has 4 rings (SSSR count). The molecule has 0 aliphatic rings. The molecule has 0 aliphatic carbocycles. The summed E-state index contributed by atoms with van der Waals surface area (Å²) < 4.78 is 30.7. The maximum absolute atomic E-state index is 15.5. The molecule has 0 bridgehead atoms.